The Hall–Kier alpha value is -0.280. The van der Waals surface area contributed by atoms with Gasteiger partial charge in [-0.1, -0.05) is 13.3 Å². The average Bonchev–Trinajstić information content (AvgIpc) is 2.50. The molecule has 72 valence electrons. The van der Waals surface area contributed by atoms with Gasteiger partial charge in [0, 0.05) is 0 Å². The van der Waals surface area contributed by atoms with Crippen molar-refractivity contribution in [3.63, 3.8) is 0 Å². The van der Waals surface area contributed by atoms with Gasteiger partial charge < -0.3 is 10.1 Å². The number of nitrogens with one attached hydrogen (secondary N) is 1. The molecule has 4 heteroatoms. The Labute approximate surface area is 79.3 Å². The van der Waals surface area contributed by atoms with Crippen molar-refractivity contribution in [1.29, 1.82) is 0 Å². The summed E-state index contributed by atoms with van der Waals surface area (Å²) in [5, 5.41) is 3.13. The zero-order valence-corrected chi connectivity index (χ0v) is 8.32. The fraction of sp³-hybridized carbons (Fsp3) is 0.875. The zero-order chi connectivity index (χ0) is 8.27. The monoisotopic (exact) mass is 193 g/mol. The third-order valence-corrected chi connectivity index (χ3v) is 2.33. The van der Waals surface area contributed by atoms with Crippen LogP contribution in [0.1, 0.15) is 19.8 Å². The van der Waals surface area contributed by atoms with E-state index in [0.29, 0.717) is 5.92 Å². The van der Waals surface area contributed by atoms with E-state index in [1.807, 2.05) is 0 Å². The molecule has 0 aromatic heterocycles. The number of hydrogen-bond donors (Lipinski definition) is 1. The second kappa shape index (κ2) is 5.38. The van der Waals surface area contributed by atoms with Crippen LogP contribution in [0.25, 0.3) is 0 Å². The Bertz CT molecular complexity index is 152. The van der Waals surface area contributed by atoms with Crippen LogP contribution >= 0.6 is 12.4 Å². The maximum atomic E-state index is 11.1. The minimum Gasteiger partial charge on any atom is -0.468 e. The lowest BCUT2D eigenvalue weighted by atomic mass is 9.98. The van der Waals surface area contributed by atoms with Crippen LogP contribution < -0.4 is 5.32 Å². The highest BCUT2D eigenvalue weighted by atomic mass is 35.5. The summed E-state index contributed by atoms with van der Waals surface area (Å²) >= 11 is 0. The highest BCUT2D eigenvalue weighted by Gasteiger charge is 2.31. The van der Waals surface area contributed by atoms with Crippen molar-refractivity contribution in [2.45, 2.75) is 25.8 Å². The Morgan fingerprint density at radius 2 is 2.33 bits per heavy atom. The van der Waals surface area contributed by atoms with Gasteiger partial charge in [-0.15, -0.1) is 12.4 Å². The lowest BCUT2D eigenvalue weighted by Gasteiger charge is -2.14. The molecule has 1 heterocycles. The summed E-state index contributed by atoms with van der Waals surface area (Å²) in [6, 6.07) is -0.0509. The maximum Gasteiger partial charge on any atom is 0.323 e. The molecule has 1 rings (SSSR count). The van der Waals surface area contributed by atoms with Gasteiger partial charge in [-0.2, -0.15) is 0 Å². The molecule has 1 saturated heterocycles. The summed E-state index contributed by atoms with van der Waals surface area (Å²) in [6.45, 7) is 3.05. The predicted molar refractivity (Wildman–Crippen MR) is 49.5 cm³/mol. The van der Waals surface area contributed by atoms with E-state index in [2.05, 4.69) is 17.0 Å². The number of carbonyl (C=O) groups is 1. The van der Waals surface area contributed by atoms with E-state index in [1.165, 1.54) is 7.11 Å². The number of ether oxygens (including phenoxy) is 1. The van der Waals surface area contributed by atoms with Gasteiger partial charge in [0.2, 0.25) is 0 Å². The standard InChI is InChI=1S/C8H15NO2.ClH/c1-3-6-4-5-9-7(6)8(10)11-2;/h6-7,9H,3-5H2,1-2H3;1H/t6-,7-;/m1./s1. The van der Waals surface area contributed by atoms with Crippen LogP contribution in [0.4, 0.5) is 0 Å². The van der Waals surface area contributed by atoms with E-state index in [-0.39, 0.29) is 24.4 Å². The van der Waals surface area contributed by atoms with Crippen LogP contribution in [0.5, 0.6) is 0 Å². The fourth-order valence-electron chi connectivity index (χ4n) is 1.60. The maximum absolute atomic E-state index is 11.1. The van der Waals surface area contributed by atoms with Crippen LogP contribution in [-0.2, 0) is 9.53 Å². The molecule has 1 N–H and O–H groups in total. The lowest BCUT2D eigenvalue weighted by Crippen LogP contribution is -2.36. The molecule has 0 spiro atoms. The van der Waals surface area contributed by atoms with E-state index in [4.69, 9.17) is 0 Å². The summed E-state index contributed by atoms with van der Waals surface area (Å²) in [6.07, 6.45) is 2.14. The van der Waals surface area contributed by atoms with Gasteiger partial charge in [-0.25, -0.2) is 0 Å². The molecular formula is C8H16ClNO2. The molecule has 0 amide bonds. The van der Waals surface area contributed by atoms with Crippen molar-refractivity contribution in [2.24, 2.45) is 5.92 Å². The van der Waals surface area contributed by atoms with E-state index in [0.717, 1.165) is 19.4 Å². The smallest absolute Gasteiger partial charge is 0.323 e. The van der Waals surface area contributed by atoms with Crippen LogP contribution in [0.2, 0.25) is 0 Å². The summed E-state index contributed by atoms with van der Waals surface area (Å²) in [4.78, 5) is 11.1. The summed E-state index contributed by atoms with van der Waals surface area (Å²) < 4.78 is 4.66. The molecule has 0 bridgehead atoms. The van der Waals surface area contributed by atoms with Crippen LogP contribution in [0.3, 0.4) is 0 Å². The van der Waals surface area contributed by atoms with Crippen LogP contribution in [0, 0.1) is 5.92 Å². The number of hydrogen-bond acceptors (Lipinski definition) is 3. The van der Waals surface area contributed by atoms with Crippen LogP contribution in [0.15, 0.2) is 0 Å². The third-order valence-electron chi connectivity index (χ3n) is 2.33. The average molecular weight is 194 g/mol. The highest BCUT2D eigenvalue weighted by molar-refractivity contribution is 5.85. The van der Waals surface area contributed by atoms with E-state index < -0.39 is 0 Å². The Kier molecular flexibility index (Phi) is 5.25. The van der Waals surface area contributed by atoms with Gasteiger partial charge in [-0.05, 0) is 18.9 Å². The van der Waals surface area contributed by atoms with Gasteiger partial charge in [-0.3, -0.25) is 4.79 Å². The second-order valence-corrected chi connectivity index (χ2v) is 2.91. The molecule has 0 unspecified atom stereocenters. The molecule has 1 aliphatic rings. The van der Waals surface area contributed by atoms with Crippen molar-refractivity contribution >= 4 is 18.4 Å². The lowest BCUT2D eigenvalue weighted by molar-refractivity contribution is -0.143. The van der Waals surface area contributed by atoms with Crippen molar-refractivity contribution in [2.75, 3.05) is 13.7 Å². The molecule has 0 radical (unpaired) electrons. The van der Waals surface area contributed by atoms with Crippen molar-refractivity contribution in [3.05, 3.63) is 0 Å². The minimum atomic E-state index is -0.116. The summed E-state index contributed by atoms with van der Waals surface area (Å²) in [5.41, 5.74) is 0. The first-order valence-corrected chi connectivity index (χ1v) is 4.10. The number of esters is 1. The van der Waals surface area contributed by atoms with Gasteiger partial charge in [0.15, 0.2) is 0 Å². The van der Waals surface area contributed by atoms with Crippen molar-refractivity contribution in [1.82, 2.24) is 5.32 Å². The molecule has 12 heavy (non-hydrogen) atoms. The Balaban J connectivity index is 0.00000121. The van der Waals surface area contributed by atoms with Gasteiger partial charge in [0.25, 0.3) is 0 Å². The van der Waals surface area contributed by atoms with E-state index in [1.54, 1.807) is 0 Å². The topological polar surface area (TPSA) is 38.3 Å². The molecule has 0 aromatic carbocycles. The molecular weight excluding hydrogens is 178 g/mol. The van der Waals surface area contributed by atoms with Crippen LogP contribution in [-0.4, -0.2) is 25.7 Å². The number of rotatable bonds is 2. The Morgan fingerprint density at radius 3 is 2.83 bits per heavy atom. The molecule has 1 aliphatic heterocycles. The van der Waals surface area contributed by atoms with Gasteiger partial charge >= 0.3 is 5.97 Å². The predicted octanol–water partition coefficient (Wildman–Crippen LogP) is 0.969. The van der Waals surface area contributed by atoms with Crippen molar-refractivity contribution < 1.29 is 9.53 Å². The zero-order valence-electron chi connectivity index (χ0n) is 7.50. The molecule has 0 aromatic rings. The highest BCUT2D eigenvalue weighted by Crippen LogP contribution is 2.19. The first-order chi connectivity index (χ1) is 5.29. The molecule has 2 atom stereocenters. The first kappa shape index (κ1) is 11.7. The summed E-state index contributed by atoms with van der Waals surface area (Å²) in [5.74, 6) is 0.358. The first-order valence-electron chi connectivity index (χ1n) is 4.10. The fourth-order valence-corrected chi connectivity index (χ4v) is 1.60. The quantitative estimate of drug-likeness (QED) is 0.665. The largest absolute Gasteiger partial charge is 0.468 e. The molecule has 0 aliphatic carbocycles. The molecule has 0 saturated carbocycles. The number of methoxy groups -OCH3 is 1. The molecule has 1 fully saturated rings. The minimum absolute atomic E-state index is 0. The Morgan fingerprint density at radius 1 is 1.67 bits per heavy atom. The second-order valence-electron chi connectivity index (χ2n) is 2.91. The normalized spacial score (nSPS) is 27.8. The van der Waals surface area contributed by atoms with Crippen molar-refractivity contribution in [3.8, 4) is 0 Å². The summed E-state index contributed by atoms with van der Waals surface area (Å²) in [7, 11) is 1.44. The van der Waals surface area contributed by atoms with Gasteiger partial charge in [0.05, 0.1) is 7.11 Å². The SMILES string of the molecule is CC[C@@H]1CCN[C@H]1C(=O)OC.Cl. The van der Waals surface area contributed by atoms with Gasteiger partial charge in [0.1, 0.15) is 6.04 Å². The number of halogens is 1. The number of carbonyl (C=O) groups excluding carboxylic acids is 1. The van der Waals surface area contributed by atoms with E-state index in [9.17, 15) is 4.79 Å². The molecule has 3 nitrogen and oxygen atoms in total. The van der Waals surface area contributed by atoms with E-state index >= 15 is 0 Å². The third kappa shape index (κ3) is 2.35.